The van der Waals surface area contributed by atoms with Crippen molar-refractivity contribution in [2.24, 2.45) is 17.1 Å². The smallest absolute Gasteiger partial charge is 0.244 e. The highest BCUT2D eigenvalue weighted by molar-refractivity contribution is 5.88. The van der Waals surface area contributed by atoms with Crippen molar-refractivity contribution >= 4 is 28.6 Å². The number of benzene rings is 2. The summed E-state index contributed by atoms with van der Waals surface area (Å²) in [6, 6.07) is 18.0. The Balaban J connectivity index is 1.64. The summed E-state index contributed by atoms with van der Waals surface area (Å²) < 4.78 is 0. The van der Waals surface area contributed by atoms with Crippen LogP contribution in [0.15, 0.2) is 60.8 Å². The third-order valence-corrected chi connectivity index (χ3v) is 8.21. The van der Waals surface area contributed by atoms with Crippen LogP contribution in [-0.2, 0) is 27.2 Å². The maximum absolute atomic E-state index is 14.3. The van der Waals surface area contributed by atoms with Crippen molar-refractivity contribution in [3.05, 3.63) is 71.9 Å². The van der Waals surface area contributed by atoms with Gasteiger partial charge < -0.3 is 20.9 Å². The van der Waals surface area contributed by atoms with Crippen molar-refractivity contribution in [1.29, 1.82) is 0 Å². The zero-order valence-electron chi connectivity index (χ0n) is 24.9. The van der Waals surface area contributed by atoms with Gasteiger partial charge in [-0.15, -0.1) is 0 Å². The third-order valence-electron chi connectivity index (χ3n) is 8.21. The van der Waals surface area contributed by atoms with E-state index in [1.807, 2.05) is 79.8 Å². The quantitative estimate of drug-likeness (QED) is 0.330. The van der Waals surface area contributed by atoms with Crippen LogP contribution in [0.3, 0.4) is 0 Å². The number of hydrogen-bond donors (Lipinski definition) is 3. The highest BCUT2D eigenvalue weighted by Crippen LogP contribution is 2.37. The number of hydrogen-bond acceptors (Lipinski definition) is 5. The summed E-state index contributed by atoms with van der Waals surface area (Å²) in [4.78, 5) is 46.1. The highest BCUT2D eigenvalue weighted by Gasteiger charge is 2.46. The van der Waals surface area contributed by atoms with Gasteiger partial charge in [-0.3, -0.25) is 19.4 Å². The molecule has 9 heteroatoms. The van der Waals surface area contributed by atoms with E-state index in [2.05, 4.69) is 10.3 Å². The lowest BCUT2D eigenvalue weighted by Gasteiger charge is -2.45. The molecule has 220 valence electrons. The van der Waals surface area contributed by atoms with E-state index in [1.54, 1.807) is 30.9 Å². The number of aromatic amines is 1. The fourth-order valence-electron chi connectivity index (χ4n) is 5.74. The van der Waals surface area contributed by atoms with Crippen LogP contribution in [0.2, 0.25) is 0 Å². The molecule has 1 saturated heterocycles. The van der Waals surface area contributed by atoms with Crippen LogP contribution in [0.5, 0.6) is 0 Å². The monoisotopic (exact) mass is 560 g/mol. The van der Waals surface area contributed by atoms with E-state index < -0.39 is 16.9 Å². The molecule has 0 aliphatic carbocycles. The lowest BCUT2D eigenvalue weighted by molar-refractivity contribution is -0.159. The van der Waals surface area contributed by atoms with Crippen molar-refractivity contribution in [2.75, 3.05) is 40.8 Å². The standard InChI is InChI=1S/C32H44N6O3/c1-31(2,33)29(40)35-21-25(18-24-20-34-27-15-10-9-14-26(24)27)28(39)38-17-11-16-32(22-38,30(41)37(5)36(3)4)19-23-12-7-6-8-13-23/h6-10,12-15,20,25,34H,11,16-19,21-22,33H2,1-5H3,(H,35,40)/t25-,32+/m0/s1. The summed E-state index contributed by atoms with van der Waals surface area (Å²) in [5.74, 6) is -0.901. The molecule has 3 amide bonds. The first-order valence-electron chi connectivity index (χ1n) is 14.3. The van der Waals surface area contributed by atoms with Crippen LogP contribution in [0.4, 0.5) is 0 Å². The number of fused-ring (bicyclic) bond motifs is 1. The second-order valence-electron chi connectivity index (χ2n) is 12.2. The van der Waals surface area contributed by atoms with E-state index in [0.717, 1.165) is 22.0 Å². The number of nitrogens with zero attached hydrogens (tertiary/aromatic N) is 3. The Morgan fingerprint density at radius 1 is 1.07 bits per heavy atom. The van der Waals surface area contributed by atoms with Gasteiger partial charge in [0.05, 0.1) is 16.9 Å². The predicted octanol–water partition coefficient (Wildman–Crippen LogP) is 2.97. The molecule has 0 spiro atoms. The average molecular weight is 561 g/mol. The van der Waals surface area contributed by atoms with Crippen molar-refractivity contribution in [1.82, 2.24) is 25.2 Å². The second-order valence-corrected chi connectivity index (χ2v) is 12.2. The molecule has 4 rings (SSSR count). The van der Waals surface area contributed by atoms with Crippen molar-refractivity contribution in [3.8, 4) is 0 Å². The number of H-pyrrole nitrogens is 1. The minimum absolute atomic E-state index is 0.00443. The summed E-state index contributed by atoms with van der Waals surface area (Å²) in [6.07, 6.45) is 4.33. The van der Waals surface area contributed by atoms with E-state index in [9.17, 15) is 14.4 Å². The van der Waals surface area contributed by atoms with Gasteiger partial charge in [-0.25, -0.2) is 5.01 Å². The molecule has 41 heavy (non-hydrogen) atoms. The number of amides is 3. The lowest BCUT2D eigenvalue weighted by atomic mass is 9.73. The maximum atomic E-state index is 14.3. The largest absolute Gasteiger partial charge is 0.361 e. The fourth-order valence-corrected chi connectivity index (χ4v) is 5.74. The minimum atomic E-state index is -1.06. The van der Waals surface area contributed by atoms with Crippen molar-refractivity contribution < 1.29 is 14.4 Å². The van der Waals surface area contributed by atoms with Crippen LogP contribution in [0.1, 0.15) is 37.8 Å². The zero-order valence-corrected chi connectivity index (χ0v) is 24.9. The zero-order chi connectivity index (χ0) is 29.8. The number of hydrazine groups is 1. The Labute approximate surface area is 243 Å². The van der Waals surface area contributed by atoms with Gasteiger partial charge >= 0.3 is 0 Å². The topological polar surface area (TPSA) is 115 Å². The third kappa shape index (κ3) is 6.97. The number of nitrogens with two attached hydrogens (primary N) is 1. The Hall–Kier alpha value is -3.69. The minimum Gasteiger partial charge on any atom is -0.361 e. The Kier molecular flexibility index (Phi) is 9.19. The van der Waals surface area contributed by atoms with Crippen molar-refractivity contribution in [3.63, 3.8) is 0 Å². The number of carbonyl (C=O) groups excluding carboxylic acids is 3. The van der Waals surface area contributed by atoms with Crippen LogP contribution in [0.25, 0.3) is 10.9 Å². The first-order valence-corrected chi connectivity index (χ1v) is 14.3. The maximum Gasteiger partial charge on any atom is 0.244 e. The van der Waals surface area contributed by atoms with Crippen LogP contribution in [-0.4, -0.2) is 83.9 Å². The summed E-state index contributed by atoms with van der Waals surface area (Å²) in [5, 5.41) is 7.39. The molecule has 1 aliphatic rings. The van der Waals surface area contributed by atoms with Gasteiger partial charge in [0.2, 0.25) is 17.7 Å². The molecule has 2 atom stereocenters. The fraction of sp³-hybridized carbons (Fsp3) is 0.469. The van der Waals surface area contributed by atoms with E-state index in [1.165, 1.54) is 0 Å². The van der Waals surface area contributed by atoms with E-state index >= 15 is 0 Å². The second kappa shape index (κ2) is 12.4. The van der Waals surface area contributed by atoms with Gasteiger partial charge in [0.25, 0.3) is 0 Å². The highest BCUT2D eigenvalue weighted by atomic mass is 16.2. The predicted molar refractivity (Wildman–Crippen MR) is 162 cm³/mol. The van der Waals surface area contributed by atoms with Gasteiger partial charge in [-0.2, -0.15) is 0 Å². The van der Waals surface area contributed by atoms with Gasteiger partial charge in [0, 0.05) is 57.9 Å². The molecule has 0 unspecified atom stereocenters. The van der Waals surface area contributed by atoms with E-state index in [-0.39, 0.29) is 24.3 Å². The number of piperidine rings is 1. The van der Waals surface area contributed by atoms with E-state index in [0.29, 0.717) is 38.8 Å². The number of para-hydroxylation sites is 1. The molecule has 0 bridgehead atoms. The summed E-state index contributed by atoms with van der Waals surface area (Å²) in [6.45, 7) is 4.33. The molecule has 1 aromatic heterocycles. The van der Waals surface area contributed by atoms with E-state index in [4.69, 9.17) is 5.73 Å². The summed E-state index contributed by atoms with van der Waals surface area (Å²) in [5.41, 5.74) is 7.28. The first kappa shape index (κ1) is 30.3. The molecule has 4 N–H and O–H groups in total. The Bertz CT molecular complexity index is 1360. The van der Waals surface area contributed by atoms with Gasteiger partial charge in [0.15, 0.2) is 0 Å². The summed E-state index contributed by atoms with van der Waals surface area (Å²) in [7, 11) is 5.47. The first-order chi connectivity index (χ1) is 19.4. The molecule has 0 saturated carbocycles. The van der Waals surface area contributed by atoms with Crippen LogP contribution >= 0.6 is 0 Å². The molecular weight excluding hydrogens is 516 g/mol. The number of aromatic nitrogens is 1. The molecule has 2 heterocycles. The Morgan fingerprint density at radius 3 is 2.44 bits per heavy atom. The summed E-state index contributed by atoms with van der Waals surface area (Å²) >= 11 is 0. The van der Waals surface area contributed by atoms with Gasteiger partial charge in [-0.1, -0.05) is 48.5 Å². The molecule has 1 aliphatic heterocycles. The molecule has 0 radical (unpaired) electrons. The van der Waals surface area contributed by atoms with Crippen molar-refractivity contribution in [2.45, 2.75) is 45.1 Å². The van der Waals surface area contributed by atoms with Crippen LogP contribution in [0, 0.1) is 11.3 Å². The normalized spacial score (nSPS) is 18.4. The molecular formula is C32H44N6O3. The number of likely N-dealkylation sites (tertiary alicyclic amines) is 1. The SMILES string of the molecule is CN(C)N(C)C(=O)[C@@]1(Cc2ccccc2)CCCN(C(=O)[C@H](CNC(=O)C(C)(C)N)Cc2c[nH]c3ccccc23)C1. The molecule has 3 aromatic rings. The Morgan fingerprint density at radius 2 is 1.76 bits per heavy atom. The van der Waals surface area contributed by atoms with Gasteiger partial charge in [0.1, 0.15) is 0 Å². The molecule has 1 fully saturated rings. The lowest BCUT2D eigenvalue weighted by Crippen LogP contribution is -2.58. The van der Waals surface area contributed by atoms with Crippen LogP contribution < -0.4 is 11.1 Å². The van der Waals surface area contributed by atoms with Gasteiger partial charge in [-0.05, 0) is 56.7 Å². The molecule has 2 aromatic carbocycles. The molecule has 9 nitrogen and oxygen atoms in total. The number of carbonyl (C=O) groups is 3. The number of nitrogens with one attached hydrogen (secondary N) is 2. The average Bonchev–Trinajstić information content (AvgIpc) is 3.36. The number of rotatable bonds is 10.